The van der Waals surface area contributed by atoms with Gasteiger partial charge in [0.15, 0.2) is 0 Å². The molecule has 1 heterocycles. The number of carboxylic acid groups (broad SMARTS) is 1. The molecule has 2 aromatic rings. The van der Waals surface area contributed by atoms with Crippen LogP contribution in [0.2, 0.25) is 0 Å². The molecule has 1 aliphatic carbocycles. The number of aliphatic carboxylic acids is 1. The molecule has 0 unspecified atom stereocenters. The first-order valence-electron chi connectivity index (χ1n) is 12.3. The molecule has 4 rings (SSSR count). The first kappa shape index (κ1) is 24.8. The van der Waals surface area contributed by atoms with Crippen molar-refractivity contribution in [3.05, 3.63) is 59.7 Å². The highest BCUT2D eigenvalue weighted by molar-refractivity contribution is 5.86. The van der Waals surface area contributed by atoms with Gasteiger partial charge in [0.05, 0.1) is 0 Å². The number of carbonyl (C=O) groups excluding carboxylic acids is 2. The zero-order chi connectivity index (χ0) is 25.2. The lowest BCUT2D eigenvalue weighted by molar-refractivity contribution is -0.139. The summed E-state index contributed by atoms with van der Waals surface area (Å²) in [6.45, 7) is 6.92. The van der Waals surface area contributed by atoms with E-state index in [0.29, 0.717) is 25.9 Å². The van der Waals surface area contributed by atoms with Crippen molar-refractivity contribution in [3.63, 3.8) is 0 Å². The van der Waals surface area contributed by atoms with E-state index in [1.54, 1.807) is 4.90 Å². The summed E-state index contributed by atoms with van der Waals surface area (Å²) in [6.07, 6.45) is 0.823. The lowest BCUT2D eigenvalue weighted by atomic mass is 9.85. The lowest BCUT2D eigenvalue weighted by Crippen LogP contribution is -2.56. The summed E-state index contributed by atoms with van der Waals surface area (Å²) < 4.78 is 5.68. The summed E-state index contributed by atoms with van der Waals surface area (Å²) in [6, 6.07) is 15.6. The predicted molar refractivity (Wildman–Crippen MR) is 133 cm³/mol. The second kappa shape index (κ2) is 10.1. The minimum absolute atomic E-state index is 0.0507. The van der Waals surface area contributed by atoms with Crippen LogP contribution >= 0.6 is 0 Å². The van der Waals surface area contributed by atoms with E-state index < -0.39 is 23.5 Å². The Kier molecular flexibility index (Phi) is 7.15. The first-order valence-corrected chi connectivity index (χ1v) is 12.3. The smallest absolute Gasteiger partial charge is 0.407 e. The third kappa shape index (κ3) is 5.50. The molecular formula is C28H34N2O5. The average molecular weight is 479 g/mol. The molecule has 35 heavy (non-hydrogen) atoms. The van der Waals surface area contributed by atoms with Crippen LogP contribution in [0, 0.1) is 11.3 Å². The molecule has 2 N–H and O–H groups in total. The van der Waals surface area contributed by atoms with Crippen molar-refractivity contribution in [3.8, 4) is 11.1 Å². The Bertz CT molecular complexity index is 1050. The molecule has 7 nitrogen and oxygen atoms in total. The third-order valence-electron chi connectivity index (χ3n) is 7.11. The van der Waals surface area contributed by atoms with Crippen molar-refractivity contribution < 1.29 is 24.2 Å². The summed E-state index contributed by atoms with van der Waals surface area (Å²) >= 11 is 0. The van der Waals surface area contributed by atoms with Gasteiger partial charge in [0.1, 0.15) is 12.6 Å². The zero-order valence-electron chi connectivity index (χ0n) is 20.6. The largest absolute Gasteiger partial charge is 0.481 e. The van der Waals surface area contributed by atoms with Crippen molar-refractivity contribution in [2.45, 2.75) is 52.0 Å². The normalized spacial score (nSPS) is 16.8. The topological polar surface area (TPSA) is 95.9 Å². The Morgan fingerprint density at radius 3 is 2.06 bits per heavy atom. The SMILES string of the molecule is CC(C)(C)[C@@H](NC(=O)OCC1c2ccccc2-c2ccccc21)C(=O)N1CCC(CC(=O)O)CC1. The molecule has 1 aliphatic heterocycles. The van der Waals surface area contributed by atoms with E-state index in [4.69, 9.17) is 9.84 Å². The molecule has 186 valence electrons. The van der Waals surface area contributed by atoms with Crippen molar-refractivity contribution in [2.75, 3.05) is 19.7 Å². The fourth-order valence-corrected chi connectivity index (χ4v) is 5.19. The van der Waals surface area contributed by atoms with Crippen molar-refractivity contribution in [1.82, 2.24) is 10.2 Å². The number of nitrogens with one attached hydrogen (secondary N) is 1. The van der Waals surface area contributed by atoms with Gasteiger partial charge in [-0.25, -0.2) is 4.79 Å². The second-order valence-electron chi connectivity index (χ2n) is 10.6. The number of rotatable bonds is 6. The van der Waals surface area contributed by atoms with Crippen LogP contribution in [0.1, 0.15) is 57.1 Å². The van der Waals surface area contributed by atoms with Crippen LogP contribution < -0.4 is 5.32 Å². The number of hydrogen-bond donors (Lipinski definition) is 2. The van der Waals surface area contributed by atoms with E-state index in [1.165, 1.54) is 0 Å². The number of fused-ring (bicyclic) bond motifs is 3. The number of hydrogen-bond acceptors (Lipinski definition) is 4. The van der Waals surface area contributed by atoms with Gasteiger partial charge in [0.2, 0.25) is 5.91 Å². The van der Waals surface area contributed by atoms with Crippen LogP contribution in [0.15, 0.2) is 48.5 Å². The van der Waals surface area contributed by atoms with E-state index >= 15 is 0 Å². The second-order valence-corrected chi connectivity index (χ2v) is 10.6. The minimum atomic E-state index is -0.806. The van der Waals surface area contributed by atoms with Crippen molar-refractivity contribution in [2.24, 2.45) is 11.3 Å². The third-order valence-corrected chi connectivity index (χ3v) is 7.11. The molecule has 2 aromatic carbocycles. The highest BCUT2D eigenvalue weighted by atomic mass is 16.5. The zero-order valence-corrected chi connectivity index (χ0v) is 20.6. The summed E-state index contributed by atoms with van der Waals surface area (Å²) in [5.74, 6) is -0.927. The minimum Gasteiger partial charge on any atom is -0.481 e. The molecule has 0 spiro atoms. The highest BCUT2D eigenvalue weighted by Gasteiger charge is 2.38. The van der Waals surface area contributed by atoms with E-state index in [1.807, 2.05) is 45.0 Å². The number of likely N-dealkylation sites (tertiary alicyclic amines) is 1. The monoisotopic (exact) mass is 478 g/mol. The molecule has 0 aromatic heterocycles. The molecule has 0 bridgehead atoms. The van der Waals surface area contributed by atoms with Gasteiger partial charge in [-0.1, -0.05) is 69.3 Å². The van der Waals surface area contributed by atoms with Gasteiger partial charge in [-0.05, 0) is 46.4 Å². The molecule has 1 atom stereocenters. The fourth-order valence-electron chi connectivity index (χ4n) is 5.19. The molecular weight excluding hydrogens is 444 g/mol. The number of amides is 2. The maximum absolute atomic E-state index is 13.3. The Balaban J connectivity index is 1.39. The number of benzene rings is 2. The van der Waals surface area contributed by atoms with E-state index in [9.17, 15) is 14.4 Å². The van der Waals surface area contributed by atoms with Crippen LogP contribution in [-0.2, 0) is 14.3 Å². The first-order chi connectivity index (χ1) is 16.6. The summed E-state index contributed by atoms with van der Waals surface area (Å²) in [7, 11) is 0. The summed E-state index contributed by atoms with van der Waals surface area (Å²) in [5.41, 5.74) is 4.07. The van der Waals surface area contributed by atoms with Crippen molar-refractivity contribution >= 4 is 18.0 Å². The average Bonchev–Trinajstić information content (AvgIpc) is 3.14. The Morgan fingerprint density at radius 2 is 1.54 bits per heavy atom. The summed E-state index contributed by atoms with van der Waals surface area (Å²) in [4.78, 5) is 38.9. The van der Waals surface area contributed by atoms with Crippen molar-refractivity contribution in [1.29, 1.82) is 0 Å². The van der Waals surface area contributed by atoms with Gasteiger partial charge in [-0.15, -0.1) is 0 Å². The van der Waals surface area contributed by atoms with Gasteiger partial charge >= 0.3 is 12.1 Å². The molecule has 1 saturated heterocycles. The molecule has 1 fully saturated rings. The Morgan fingerprint density at radius 1 is 1.00 bits per heavy atom. The maximum Gasteiger partial charge on any atom is 0.407 e. The van der Waals surface area contributed by atoms with Gasteiger partial charge in [0.25, 0.3) is 0 Å². The number of carbonyl (C=O) groups is 3. The molecule has 2 aliphatic rings. The quantitative estimate of drug-likeness (QED) is 0.630. The maximum atomic E-state index is 13.3. The van der Waals surface area contributed by atoms with Crippen LogP contribution in [0.5, 0.6) is 0 Å². The molecule has 0 radical (unpaired) electrons. The molecule has 2 amide bonds. The Labute approximate surface area is 206 Å². The highest BCUT2D eigenvalue weighted by Crippen LogP contribution is 2.44. The lowest BCUT2D eigenvalue weighted by Gasteiger charge is -2.38. The van der Waals surface area contributed by atoms with Crippen LogP contribution in [-0.4, -0.2) is 53.7 Å². The van der Waals surface area contributed by atoms with Crippen LogP contribution in [0.3, 0.4) is 0 Å². The number of alkyl carbamates (subject to hydrolysis) is 1. The van der Waals surface area contributed by atoms with Crippen LogP contribution in [0.25, 0.3) is 11.1 Å². The standard InChI is InChI=1S/C28H34N2O5/c1-28(2,3)25(26(33)30-14-12-18(13-15-30)16-24(31)32)29-27(34)35-17-23-21-10-6-4-8-19(21)20-9-5-7-11-22(20)23/h4-11,18,23,25H,12-17H2,1-3H3,(H,29,34)(H,31,32)/t25-/m0/s1. The van der Waals surface area contributed by atoms with Gasteiger partial charge in [0, 0.05) is 25.4 Å². The van der Waals surface area contributed by atoms with Gasteiger partial charge in [-0.2, -0.15) is 0 Å². The predicted octanol–water partition coefficient (Wildman–Crippen LogP) is 4.65. The number of ether oxygens (including phenoxy) is 1. The fraction of sp³-hybridized carbons (Fsp3) is 0.464. The van der Waals surface area contributed by atoms with Gasteiger partial charge in [-0.3, -0.25) is 9.59 Å². The van der Waals surface area contributed by atoms with Crippen LogP contribution in [0.4, 0.5) is 4.79 Å². The summed E-state index contributed by atoms with van der Waals surface area (Å²) in [5, 5.41) is 11.9. The Hall–Kier alpha value is -3.35. The number of piperidine rings is 1. The number of carboxylic acids is 1. The van der Waals surface area contributed by atoms with Gasteiger partial charge < -0.3 is 20.1 Å². The van der Waals surface area contributed by atoms with E-state index in [-0.39, 0.29) is 30.8 Å². The number of nitrogens with zero attached hydrogens (tertiary/aromatic N) is 1. The molecule has 0 saturated carbocycles. The molecule has 7 heteroatoms. The van der Waals surface area contributed by atoms with E-state index in [2.05, 4.69) is 29.6 Å². The van der Waals surface area contributed by atoms with E-state index in [0.717, 1.165) is 22.3 Å².